The molecule has 0 aromatic heterocycles. The van der Waals surface area contributed by atoms with Crippen LogP contribution in [0.1, 0.15) is 62.3 Å². The van der Waals surface area contributed by atoms with E-state index in [0.717, 1.165) is 50.7 Å². The Balaban J connectivity index is 1.30. The Morgan fingerprint density at radius 2 is 0.881 bits per heavy atom. The Morgan fingerprint density at radius 3 is 1.45 bits per heavy atom. The van der Waals surface area contributed by atoms with Crippen molar-refractivity contribution in [3.8, 4) is 11.1 Å². The number of para-hydroxylation sites is 1. The van der Waals surface area contributed by atoms with Gasteiger partial charge < -0.3 is 9.80 Å². The molecule has 11 rings (SSSR count). The van der Waals surface area contributed by atoms with Crippen molar-refractivity contribution in [2.24, 2.45) is 0 Å². The highest BCUT2D eigenvalue weighted by Crippen LogP contribution is 2.47. The van der Waals surface area contributed by atoms with Crippen LogP contribution in [0.25, 0.3) is 11.1 Å². The van der Waals surface area contributed by atoms with Gasteiger partial charge in [-0.05, 0) is 120 Å². The highest BCUT2D eigenvalue weighted by atomic mass is 28.3. The molecule has 0 atom stereocenters. The average Bonchev–Trinajstić information content (AvgIpc) is 3.37. The van der Waals surface area contributed by atoms with Gasteiger partial charge in [0.05, 0.1) is 5.69 Å². The Morgan fingerprint density at radius 1 is 0.403 bits per heavy atom. The Labute approximate surface area is 403 Å². The number of anilines is 6. The molecule has 326 valence electrons. The van der Waals surface area contributed by atoms with Crippen LogP contribution in [0.15, 0.2) is 218 Å². The minimum Gasteiger partial charge on any atom is -0.311 e. The van der Waals surface area contributed by atoms with Gasteiger partial charge in [0.25, 0.3) is 6.71 Å². The first-order chi connectivity index (χ1) is 33.6. The third-order valence-corrected chi connectivity index (χ3v) is 19.0. The van der Waals surface area contributed by atoms with E-state index < -0.39 is 14.9 Å². The van der Waals surface area contributed by atoms with Gasteiger partial charge in [-0.3, -0.25) is 0 Å². The molecule has 0 bridgehead atoms. The van der Waals surface area contributed by atoms with E-state index in [1.165, 1.54) is 42.8 Å². The molecular formula is C63H57BN2Si. The zero-order valence-electron chi connectivity index (χ0n) is 42.3. The number of hydrogen-bond donors (Lipinski definition) is 0. The van der Waals surface area contributed by atoms with Crippen LogP contribution in [0.5, 0.6) is 0 Å². The summed E-state index contributed by atoms with van der Waals surface area (Å²) < 4.78 is 27.2. The van der Waals surface area contributed by atoms with Crippen molar-refractivity contribution in [3.05, 3.63) is 235 Å². The molecule has 67 heavy (non-hydrogen) atoms. The first-order valence-electron chi connectivity index (χ1n) is 25.1. The molecule has 0 spiro atoms. The lowest BCUT2D eigenvalue weighted by Crippen LogP contribution is -2.75. The van der Waals surface area contributed by atoms with E-state index >= 15 is 0 Å². The van der Waals surface area contributed by atoms with Gasteiger partial charge in [0.1, 0.15) is 0 Å². The zero-order valence-corrected chi connectivity index (χ0v) is 40.3. The van der Waals surface area contributed by atoms with E-state index in [1.54, 1.807) is 0 Å². The van der Waals surface area contributed by atoms with Crippen LogP contribution < -0.4 is 46.9 Å². The second-order valence-corrected chi connectivity index (χ2v) is 24.2. The molecule has 0 fully saturated rings. The van der Waals surface area contributed by atoms with Crippen molar-refractivity contribution in [1.29, 1.82) is 0 Å². The normalized spacial score (nSPS) is 14.1. The van der Waals surface area contributed by atoms with E-state index in [0.29, 0.717) is 5.56 Å². The molecule has 2 nitrogen and oxygen atoms in total. The van der Waals surface area contributed by atoms with Crippen LogP contribution in [0, 0.1) is 6.85 Å². The van der Waals surface area contributed by atoms with Crippen LogP contribution >= 0.6 is 0 Å². The van der Waals surface area contributed by atoms with E-state index in [9.17, 15) is 0 Å². The zero-order chi connectivity index (χ0) is 48.6. The molecule has 9 aromatic rings. The van der Waals surface area contributed by atoms with E-state index in [4.69, 9.17) is 4.11 Å². The second kappa shape index (κ2) is 16.3. The Hall–Kier alpha value is -7.14. The topological polar surface area (TPSA) is 6.48 Å². The molecule has 9 aromatic carbocycles. The molecule has 0 saturated carbocycles. The largest absolute Gasteiger partial charge is 0.311 e. The van der Waals surface area contributed by atoms with Crippen LogP contribution in [-0.2, 0) is 10.8 Å². The van der Waals surface area contributed by atoms with Gasteiger partial charge in [0, 0.05) is 38.1 Å². The van der Waals surface area contributed by atoms with Crippen molar-refractivity contribution in [1.82, 2.24) is 0 Å². The van der Waals surface area contributed by atoms with Gasteiger partial charge >= 0.3 is 0 Å². The fraction of sp³-hybridized carbons (Fsp3) is 0.143. The van der Waals surface area contributed by atoms with Gasteiger partial charge in [-0.1, -0.05) is 217 Å². The summed E-state index contributed by atoms with van der Waals surface area (Å²) in [6.07, 6.45) is 0. The predicted octanol–water partition coefficient (Wildman–Crippen LogP) is 11.7. The van der Waals surface area contributed by atoms with Crippen molar-refractivity contribution in [2.75, 3.05) is 9.80 Å². The maximum absolute atomic E-state index is 9.07. The maximum atomic E-state index is 9.07. The van der Waals surface area contributed by atoms with E-state index in [1.807, 2.05) is 12.1 Å². The summed E-state index contributed by atoms with van der Waals surface area (Å²) in [4.78, 5) is 4.72. The molecule has 0 radical (unpaired) electrons. The monoisotopic (exact) mass is 883 g/mol. The van der Waals surface area contributed by atoms with Gasteiger partial charge in [-0.2, -0.15) is 0 Å². The molecule has 2 aliphatic rings. The predicted molar refractivity (Wildman–Crippen MR) is 292 cm³/mol. The summed E-state index contributed by atoms with van der Waals surface area (Å²) in [6.45, 7) is 11.0. The van der Waals surface area contributed by atoms with Gasteiger partial charge in [0.2, 0.25) is 0 Å². The first-order valence-corrected chi connectivity index (χ1v) is 25.6. The molecular weight excluding hydrogens is 824 g/mol. The summed E-state index contributed by atoms with van der Waals surface area (Å²) in [5, 5.41) is 5.20. The maximum Gasteiger partial charge on any atom is 0.252 e. The highest BCUT2D eigenvalue weighted by Gasteiger charge is 2.47. The summed E-state index contributed by atoms with van der Waals surface area (Å²) in [7, 11) is -3.01. The van der Waals surface area contributed by atoms with Gasteiger partial charge in [-0.25, -0.2) is 0 Å². The Bertz CT molecular complexity index is 3280. The number of hydrogen-bond acceptors (Lipinski definition) is 2. The fourth-order valence-corrected chi connectivity index (χ4v) is 15.7. The number of nitrogens with zero attached hydrogens (tertiary/aromatic N) is 2. The fourth-order valence-electron chi connectivity index (χ4n) is 10.9. The summed E-state index contributed by atoms with van der Waals surface area (Å²) in [5.41, 5.74) is 14.0. The average molecular weight is 884 g/mol. The van der Waals surface area contributed by atoms with Gasteiger partial charge in [-0.15, -0.1) is 0 Å². The lowest BCUT2D eigenvalue weighted by Gasteiger charge is -2.45. The molecule has 2 aliphatic heterocycles. The summed E-state index contributed by atoms with van der Waals surface area (Å²) in [6, 6.07) is 79.7. The van der Waals surface area contributed by atoms with Crippen molar-refractivity contribution in [2.45, 2.75) is 59.2 Å². The first kappa shape index (κ1) is 39.1. The highest BCUT2D eigenvalue weighted by molar-refractivity contribution is 7.20. The number of aryl methyl sites for hydroxylation is 1. The molecule has 0 unspecified atom stereocenters. The molecule has 4 heteroatoms. The minimum atomic E-state index is -3.01. The van der Waals surface area contributed by atoms with Crippen LogP contribution in [0.2, 0.25) is 0 Å². The second-order valence-electron chi connectivity index (χ2n) is 20.4. The van der Waals surface area contributed by atoms with Crippen molar-refractivity contribution < 1.29 is 4.11 Å². The summed E-state index contributed by atoms with van der Waals surface area (Å²) >= 11 is 0. The third kappa shape index (κ3) is 7.09. The lowest BCUT2D eigenvalue weighted by molar-refractivity contribution is 0.590. The lowest BCUT2D eigenvalue weighted by atomic mass is 9.33. The molecule has 0 saturated heterocycles. The van der Waals surface area contributed by atoms with Crippen molar-refractivity contribution in [3.63, 3.8) is 0 Å². The van der Waals surface area contributed by atoms with Crippen LogP contribution in [0.4, 0.5) is 34.1 Å². The standard InChI is InChI=1S/C63H57BN2Si/c1-44-40-59-61-60(41-44)66(56-31-21-20-30-53(56)45-22-12-8-13-23-45)58-39-37-52(67(49-24-14-9-15-25-49,50-26-16-10-17-27-50)51-28-18-11-19-29-51)43-55(58)64(61)54-42-47(63(5,6)7)34-38-57(54)65(59)48-35-32-46(33-36-48)62(2,3)4/h8-43H,1-7H3/i1D3. The SMILES string of the molecule is [2H]C([2H])([2H])c1cc2c3c(c1)N(c1ccccc1-c1ccccc1)c1ccc([Si](c4ccccc4)(c4ccccc4)c4ccccc4)cc1B3c1cc(C(C)(C)C)ccc1N2c1ccc(C(C)(C)C)cc1. The van der Waals surface area contributed by atoms with Crippen LogP contribution in [0.3, 0.4) is 0 Å². The molecule has 0 aliphatic carbocycles. The number of fused-ring (bicyclic) bond motifs is 4. The summed E-state index contributed by atoms with van der Waals surface area (Å²) in [5.74, 6) is 0. The quantitative estimate of drug-likeness (QED) is 0.116. The smallest absolute Gasteiger partial charge is 0.252 e. The number of benzene rings is 9. The van der Waals surface area contributed by atoms with E-state index in [2.05, 4.69) is 258 Å². The minimum absolute atomic E-state index is 0.0444. The third-order valence-electron chi connectivity index (χ3n) is 14.2. The van der Waals surface area contributed by atoms with Gasteiger partial charge in [0.15, 0.2) is 8.07 Å². The molecule has 0 N–H and O–H groups in total. The number of rotatable bonds is 7. The molecule has 0 amide bonds. The van der Waals surface area contributed by atoms with Crippen LogP contribution in [-0.4, -0.2) is 14.8 Å². The Kier molecular flexibility index (Phi) is 9.52. The van der Waals surface area contributed by atoms with E-state index in [-0.39, 0.29) is 17.5 Å². The van der Waals surface area contributed by atoms with Crippen molar-refractivity contribution >= 4 is 86.0 Å². The molecule has 2 heterocycles.